The van der Waals surface area contributed by atoms with Gasteiger partial charge in [0.05, 0.1) is 0 Å². The third kappa shape index (κ3) is 4.85. The molecular formula is C10H14Cl2N4O. The smallest absolute Gasteiger partial charge is 0.229 e. The fourth-order valence-corrected chi connectivity index (χ4v) is 1.57. The Kier molecular flexibility index (Phi) is 5.61. The Morgan fingerprint density at radius 1 is 1.47 bits per heavy atom. The average Bonchev–Trinajstić information content (AvgIpc) is 2.24. The molecule has 1 unspecified atom stereocenters. The lowest BCUT2D eigenvalue weighted by Gasteiger charge is -2.11. The van der Waals surface area contributed by atoms with Gasteiger partial charge in [0.1, 0.15) is 11.0 Å². The molecule has 2 N–H and O–H groups in total. The molecule has 5 nitrogen and oxygen atoms in total. The topological polar surface area (TPSA) is 66.9 Å². The number of rotatable bonds is 5. The molecule has 0 aliphatic heterocycles. The normalized spacial score (nSPS) is 12.2. The summed E-state index contributed by atoms with van der Waals surface area (Å²) in [6.07, 6.45) is 0. The van der Waals surface area contributed by atoms with Crippen molar-refractivity contribution >= 4 is 34.9 Å². The number of hydrogen-bond acceptors (Lipinski definition) is 4. The van der Waals surface area contributed by atoms with Crippen molar-refractivity contribution in [2.24, 2.45) is 5.92 Å². The van der Waals surface area contributed by atoms with Crippen LogP contribution in [0.2, 0.25) is 10.4 Å². The van der Waals surface area contributed by atoms with Crippen LogP contribution in [0.1, 0.15) is 13.8 Å². The van der Waals surface area contributed by atoms with E-state index in [-0.39, 0.29) is 22.3 Å². The van der Waals surface area contributed by atoms with Gasteiger partial charge in [-0.3, -0.25) is 4.79 Å². The summed E-state index contributed by atoms with van der Waals surface area (Å²) < 4.78 is 0. The van der Waals surface area contributed by atoms with Gasteiger partial charge in [-0.15, -0.1) is 0 Å². The highest BCUT2D eigenvalue weighted by Crippen LogP contribution is 2.14. The van der Waals surface area contributed by atoms with Gasteiger partial charge in [0.2, 0.25) is 11.2 Å². The molecule has 0 saturated heterocycles. The highest BCUT2D eigenvalue weighted by atomic mass is 35.5. The first-order chi connectivity index (χ1) is 8.02. The van der Waals surface area contributed by atoms with Crippen LogP contribution in [0.4, 0.5) is 5.82 Å². The number of aromatic nitrogens is 2. The second kappa shape index (κ2) is 6.74. The zero-order chi connectivity index (χ0) is 12.8. The first-order valence-electron chi connectivity index (χ1n) is 5.24. The summed E-state index contributed by atoms with van der Waals surface area (Å²) in [6.45, 7) is 5.23. The first-order valence-corrected chi connectivity index (χ1v) is 6.00. The molecule has 1 rings (SSSR count). The number of carbonyl (C=O) groups is 1. The predicted octanol–water partition coefficient (Wildman–Crippen LogP) is 1.97. The van der Waals surface area contributed by atoms with Crippen LogP contribution in [-0.2, 0) is 4.79 Å². The quantitative estimate of drug-likeness (QED) is 0.638. The molecule has 1 amide bonds. The standard InChI is InChI=1S/C10H14Cl2N4O/c1-3-13-5-6(2)9(17)15-8-4-7(11)14-10(12)16-8/h4,6,13H,3,5H2,1-2H3,(H,14,15,16,17). The number of hydrogen-bond donors (Lipinski definition) is 2. The second-order valence-corrected chi connectivity index (χ2v) is 4.27. The van der Waals surface area contributed by atoms with Crippen molar-refractivity contribution in [2.45, 2.75) is 13.8 Å². The fourth-order valence-electron chi connectivity index (χ4n) is 1.16. The van der Waals surface area contributed by atoms with Crippen molar-refractivity contribution in [3.8, 4) is 0 Å². The van der Waals surface area contributed by atoms with E-state index in [1.165, 1.54) is 6.07 Å². The highest BCUT2D eigenvalue weighted by Gasteiger charge is 2.13. The predicted molar refractivity (Wildman–Crippen MR) is 68.4 cm³/mol. The molecular weight excluding hydrogens is 263 g/mol. The van der Waals surface area contributed by atoms with E-state index in [1.54, 1.807) is 0 Å². The average molecular weight is 277 g/mol. The summed E-state index contributed by atoms with van der Waals surface area (Å²) in [6, 6.07) is 1.45. The minimum Gasteiger partial charge on any atom is -0.316 e. The Balaban J connectivity index is 2.61. The second-order valence-electron chi connectivity index (χ2n) is 3.54. The molecule has 1 atom stereocenters. The van der Waals surface area contributed by atoms with Gasteiger partial charge >= 0.3 is 0 Å². The molecule has 1 aromatic rings. The molecule has 0 spiro atoms. The van der Waals surface area contributed by atoms with Gasteiger partial charge in [0, 0.05) is 18.5 Å². The van der Waals surface area contributed by atoms with E-state index >= 15 is 0 Å². The van der Waals surface area contributed by atoms with E-state index in [9.17, 15) is 4.79 Å². The number of amides is 1. The number of nitrogens with one attached hydrogen (secondary N) is 2. The molecule has 0 aliphatic carbocycles. The summed E-state index contributed by atoms with van der Waals surface area (Å²) in [7, 11) is 0. The van der Waals surface area contributed by atoms with Crippen molar-refractivity contribution in [1.82, 2.24) is 15.3 Å². The van der Waals surface area contributed by atoms with E-state index in [2.05, 4.69) is 20.6 Å². The van der Waals surface area contributed by atoms with Crippen LogP contribution in [-0.4, -0.2) is 29.0 Å². The van der Waals surface area contributed by atoms with Crippen molar-refractivity contribution in [3.63, 3.8) is 0 Å². The number of anilines is 1. The van der Waals surface area contributed by atoms with Crippen LogP contribution in [0.15, 0.2) is 6.07 Å². The Bertz CT molecular complexity index is 380. The van der Waals surface area contributed by atoms with Crippen LogP contribution in [0.25, 0.3) is 0 Å². The molecule has 17 heavy (non-hydrogen) atoms. The van der Waals surface area contributed by atoms with Crippen molar-refractivity contribution in [2.75, 3.05) is 18.4 Å². The number of nitrogens with zero attached hydrogens (tertiary/aromatic N) is 2. The van der Waals surface area contributed by atoms with Gasteiger partial charge in [0.15, 0.2) is 0 Å². The SMILES string of the molecule is CCNCC(C)C(=O)Nc1cc(Cl)nc(Cl)n1. The van der Waals surface area contributed by atoms with E-state index in [1.807, 2.05) is 13.8 Å². The van der Waals surface area contributed by atoms with Crippen LogP contribution in [0, 0.1) is 5.92 Å². The molecule has 0 radical (unpaired) electrons. The monoisotopic (exact) mass is 276 g/mol. The third-order valence-electron chi connectivity index (χ3n) is 2.07. The van der Waals surface area contributed by atoms with Crippen LogP contribution in [0.3, 0.4) is 0 Å². The van der Waals surface area contributed by atoms with E-state index in [0.29, 0.717) is 12.4 Å². The zero-order valence-electron chi connectivity index (χ0n) is 9.63. The first kappa shape index (κ1) is 14.2. The molecule has 7 heteroatoms. The number of halogens is 2. The van der Waals surface area contributed by atoms with Gasteiger partial charge in [0.25, 0.3) is 0 Å². The van der Waals surface area contributed by atoms with Gasteiger partial charge in [-0.05, 0) is 18.1 Å². The van der Waals surface area contributed by atoms with Crippen molar-refractivity contribution in [1.29, 1.82) is 0 Å². The Morgan fingerprint density at radius 3 is 2.76 bits per heavy atom. The lowest BCUT2D eigenvalue weighted by atomic mass is 10.1. The summed E-state index contributed by atoms with van der Waals surface area (Å²) in [5.41, 5.74) is 0. The van der Waals surface area contributed by atoms with Crippen LogP contribution < -0.4 is 10.6 Å². The molecule has 1 aromatic heterocycles. The fraction of sp³-hybridized carbons (Fsp3) is 0.500. The summed E-state index contributed by atoms with van der Waals surface area (Å²) >= 11 is 11.3. The summed E-state index contributed by atoms with van der Waals surface area (Å²) in [4.78, 5) is 19.3. The molecule has 0 bridgehead atoms. The number of carbonyl (C=O) groups excluding carboxylic acids is 1. The maximum absolute atomic E-state index is 11.7. The van der Waals surface area contributed by atoms with E-state index in [4.69, 9.17) is 23.2 Å². The molecule has 0 aromatic carbocycles. The van der Waals surface area contributed by atoms with Gasteiger partial charge in [-0.25, -0.2) is 9.97 Å². The maximum atomic E-state index is 11.7. The van der Waals surface area contributed by atoms with Crippen LogP contribution >= 0.6 is 23.2 Å². The zero-order valence-corrected chi connectivity index (χ0v) is 11.1. The molecule has 0 saturated carbocycles. The van der Waals surface area contributed by atoms with Crippen LogP contribution in [0.5, 0.6) is 0 Å². The van der Waals surface area contributed by atoms with Crippen molar-refractivity contribution in [3.05, 3.63) is 16.5 Å². The third-order valence-corrected chi connectivity index (χ3v) is 2.43. The maximum Gasteiger partial charge on any atom is 0.229 e. The summed E-state index contributed by atoms with van der Waals surface area (Å²) in [5, 5.41) is 5.93. The van der Waals surface area contributed by atoms with E-state index in [0.717, 1.165) is 6.54 Å². The van der Waals surface area contributed by atoms with E-state index < -0.39 is 0 Å². The molecule has 94 valence electrons. The van der Waals surface area contributed by atoms with Gasteiger partial charge in [-0.2, -0.15) is 0 Å². The van der Waals surface area contributed by atoms with Gasteiger partial charge in [-0.1, -0.05) is 25.4 Å². The lowest BCUT2D eigenvalue weighted by molar-refractivity contribution is -0.119. The summed E-state index contributed by atoms with van der Waals surface area (Å²) in [5.74, 6) is 0.00241. The van der Waals surface area contributed by atoms with Gasteiger partial charge < -0.3 is 10.6 Å². The Hall–Kier alpha value is -0.910. The molecule has 1 heterocycles. The lowest BCUT2D eigenvalue weighted by Crippen LogP contribution is -2.30. The highest BCUT2D eigenvalue weighted by molar-refractivity contribution is 6.32. The largest absolute Gasteiger partial charge is 0.316 e. The Morgan fingerprint density at radius 2 is 2.18 bits per heavy atom. The minimum absolute atomic E-state index is 0.00661. The molecule has 0 aliphatic rings. The minimum atomic E-state index is -0.164. The molecule has 0 fully saturated rings. The van der Waals surface area contributed by atoms with Crippen molar-refractivity contribution < 1.29 is 4.79 Å². The Labute approximate surface area is 110 Å².